The molecule has 0 aliphatic heterocycles. The number of carbonyl (C=O) groups excluding carboxylic acids is 2. The second kappa shape index (κ2) is 17.2. The molecule has 1 aromatic carbocycles. The minimum atomic E-state index is -1.50. The molecule has 2 unspecified atom stereocenters. The van der Waals surface area contributed by atoms with Crippen LogP contribution in [0.5, 0.6) is 0 Å². The van der Waals surface area contributed by atoms with E-state index < -0.39 is 42.4 Å². The molecule has 3 amide bonds. The Hall–Kier alpha value is -4.56. The van der Waals surface area contributed by atoms with Crippen LogP contribution in [0.3, 0.4) is 0 Å². The van der Waals surface area contributed by atoms with Crippen molar-refractivity contribution in [3.05, 3.63) is 41.7 Å². The molecule has 6 N–H and O–H groups in total. The van der Waals surface area contributed by atoms with Crippen molar-refractivity contribution in [3.63, 3.8) is 0 Å². The van der Waals surface area contributed by atoms with E-state index in [9.17, 15) is 33.5 Å². The fourth-order valence-electron chi connectivity index (χ4n) is 3.81. The third kappa shape index (κ3) is 12.9. The van der Waals surface area contributed by atoms with Gasteiger partial charge in [-0.15, -0.1) is 5.10 Å². The lowest BCUT2D eigenvalue weighted by Crippen LogP contribution is -2.51. The molecule has 15 heteroatoms. The highest BCUT2D eigenvalue weighted by Gasteiger charge is 2.25. The SMILES string of the molecule is O=C(O)CCC(NC(=O)NC(Cc1ccc(NC(=O)CCCCCn2cc(CCCF)nn2)cc1)C(=O)O)C(=O)O. The van der Waals surface area contributed by atoms with E-state index in [1.165, 1.54) is 0 Å². The zero-order valence-corrected chi connectivity index (χ0v) is 22.4. The number of nitrogens with one attached hydrogen (secondary N) is 3. The first-order chi connectivity index (χ1) is 19.6. The van der Waals surface area contributed by atoms with Crippen molar-refractivity contribution in [1.29, 1.82) is 0 Å². The van der Waals surface area contributed by atoms with E-state index in [0.717, 1.165) is 18.5 Å². The van der Waals surface area contributed by atoms with Crippen LogP contribution >= 0.6 is 0 Å². The average molecular weight is 579 g/mol. The van der Waals surface area contributed by atoms with Gasteiger partial charge in [-0.3, -0.25) is 18.7 Å². The van der Waals surface area contributed by atoms with E-state index in [-0.39, 0.29) is 25.4 Å². The predicted molar refractivity (Wildman–Crippen MR) is 143 cm³/mol. The Balaban J connectivity index is 1.74. The molecule has 2 aromatic rings. The van der Waals surface area contributed by atoms with Crippen molar-refractivity contribution in [2.45, 2.75) is 76.4 Å². The van der Waals surface area contributed by atoms with E-state index in [4.69, 9.17) is 10.2 Å². The molecule has 1 heterocycles. The summed E-state index contributed by atoms with van der Waals surface area (Å²) in [6.07, 6.45) is 4.39. The summed E-state index contributed by atoms with van der Waals surface area (Å²) >= 11 is 0. The van der Waals surface area contributed by atoms with Gasteiger partial charge in [0.05, 0.1) is 12.4 Å². The molecule has 224 valence electrons. The lowest BCUT2D eigenvalue weighted by molar-refractivity contribution is -0.140. The maximum Gasteiger partial charge on any atom is 0.326 e. The first-order valence-corrected chi connectivity index (χ1v) is 13.2. The van der Waals surface area contributed by atoms with Crippen LogP contribution in [-0.2, 0) is 38.6 Å². The number of rotatable bonds is 19. The van der Waals surface area contributed by atoms with E-state index in [1.54, 1.807) is 35.1 Å². The molecule has 0 spiro atoms. The molecule has 0 fully saturated rings. The van der Waals surface area contributed by atoms with Gasteiger partial charge in [-0.2, -0.15) is 0 Å². The highest BCUT2D eigenvalue weighted by Crippen LogP contribution is 2.13. The summed E-state index contributed by atoms with van der Waals surface area (Å²) in [7, 11) is 0. The second-order valence-electron chi connectivity index (χ2n) is 9.36. The number of unbranched alkanes of at least 4 members (excludes halogenated alkanes) is 2. The van der Waals surface area contributed by atoms with E-state index >= 15 is 0 Å². The van der Waals surface area contributed by atoms with Gasteiger partial charge in [0.1, 0.15) is 12.1 Å². The number of carboxylic acid groups (broad SMARTS) is 3. The van der Waals surface area contributed by atoms with Gasteiger partial charge in [0, 0.05) is 37.7 Å². The molecule has 2 rings (SSSR count). The molecule has 0 bridgehead atoms. The Labute approximate surface area is 235 Å². The summed E-state index contributed by atoms with van der Waals surface area (Å²) in [5.74, 6) is -4.21. The van der Waals surface area contributed by atoms with Crippen molar-refractivity contribution in [3.8, 4) is 0 Å². The number of aromatic nitrogens is 3. The quantitative estimate of drug-likeness (QED) is 0.133. The topological polar surface area (TPSA) is 213 Å². The third-order valence-electron chi connectivity index (χ3n) is 5.97. The largest absolute Gasteiger partial charge is 0.481 e. The fraction of sp³-hybridized carbons (Fsp3) is 0.500. The molecule has 41 heavy (non-hydrogen) atoms. The number of aryl methyl sites for hydroxylation is 2. The van der Waals surface area contributed by atoms with Crippen LogP contribution in [0.2, 0.25) is 0 Å². The third-order valence-corrected chi connectivity index (χ3v) is 5.97. The zero-order valence-electron chi connectivity index (χ0n) is 22.4. The van der Waals surface area contributed by atoms with Crippen LogP contribution in [0.25, 0.3) is 0 Å². The highest BCUT2D eigenvalue weighted by molar-refractivity contribution is 5.90. The molecule has 0 aliphatic rings. The number of carboxylic acids is 3. The molecular formula is C26H35FN6O8. The number of nitrogens with zero attached hydrogens (tertiary/aromatic N) is 3. The van der Waals surface area contributed by atoms with Gasteiger partial charge in [-0.1, -0.05) is 23.8 Å². The minimum absolute atomic E-state index is 0.118. The normalized spacial score (nSPS) is 12.2. The van der Waals surface area contributed by atoms with Crippen molar-refractivity contribution in [2.24, 2.45) is 0 Å². The van der Waals surface area contributed by atoms with E-state index in [2.05, 4.69) is 26.3 Å². The number of amides is 3. The zero-order chi connectivity index (χ0) is 30.2. The maximum absolute atomic E-state index is 12.3. The molecule has 0 aliphatic carbocycles. The molecule has 0 radical (unpaired) electrons. The number of hydrogen-bond donors (Lipinski definition) is 6. The van der Waals surface area contributed by atoms with Gasteiger partial charge in [0.2, 0.25) is 5.91 Å². The maximum atomic E-state index is 12.3. The van der Waals surface area contributed by atoms with Gasteiger partial charge in [-0.25, -0.2) is 14.4 Å². The van der Waals surface area contributed by atoms with Crippen molar-refractivity contribution in [2.75, 3.05) is 12.0 Å². The number of halogens is 1. The monoisotopic (exact) mass is 578 g/mol. The van der Waals surface area contributed by atoms with Gasteiger partial charge in [-0.05, 0) is 49.8 Å². The Morgan fingerprint density at radius 1 is 0.878 bits per heavy atom. The van der Waals surface area contributed by atoms with Crippen molar-refractivity contribution >= 4 is 35.5 Å². The summed E-state index contributed by atoms with van der Waals surface area (Å²) in [4.78, 5) is 58.0. The Morgan fingerprint density at radius 2 is 1.56 bits per heavy atom. The number of hydrogen-bond acceptors (Lipinski definition) is 7. The van der Waals surface area contributed by atoms with Crippen LogP contribution in [-0.4, -0.2) is 78.9 Å². The van der Waals surface area contributed by atoms with Gasteiger partial charge < -0.3 is 31.3 Å². The van der Waals surface area contributed by atoms with Gasteiger partial charge in [0.15, 0.2) is 0 Å². The number of alkyl halides is 1. The Kier molecular flexibility index (Phi) is 13.7. The highest BCUT2D eigenvalue weighted by atomic mass is 19.1. The lowest BCUT2D eigenvalue weighted by atomic mass is 10.1. The summed E-state index contributed by atoms with van der Waals surface area (Å²) < 4.78 is 14.0. The summed E-state index contributed by atoms with van der Waals surface area (Å²) in [6.45, 7) is 0.268. The van der Waals surface area contributed by atoms with Crippen molar-refractivity contribution < 1.29 is 43.7 Å². The Morgan fingerprint density at radius 3 is 2.20 bits per heavy atom. The van der Waals surface area contributed by atoms with E-state index in [1.807, 2.05) is 0 Å². The minimum Gasteiger partial charge on any atom is -0.481 e. The molecule has 2 atom stereocenters. The number of urea groups is 1. The molecule has 0 saturated heterocycles. The summed E-state index contributed by atoms with van der Waals surface area (Å²) in [5.41, 5.74) is 1.81. The lowest BCUT2D eigenvalue weighted by Gasteiger charge is -2.18. The summed E-state index contributed by atoms with van der Waals surface area (Å²) in [5, 5.41) is 42.4. The number of carbonyl (C=O) groups is 5. The van der Waals surface area contributed by atoms with Gasteiger partial charge in [0.25, 0.3) is 0 Å². The molecule has 0 saturated carbocycles. The standard InChI is InChI=1S/C26H35FN6O8/c27-13-4-5-19-16-33(32-31-19)14-3-1-2-6-22(34)28-18-9-7-17(8-10-18)15-21(25(39)40)30-26(41)29-20(24(37)38)11-12-23(35)36/h7-10,16,20-21H,1-6,11-15H2,(H,28,34)(H,35,36)(H,37,38)(H,39,40)(H2,29,30,41). The molecule has 1 aromatic heterocycles. The smallest absolute Gasteiger partial charge is 0.326 e. The number of aliphatic carboxylic acids is 3. The number of benzene rings is 1. The average Bonchev–Trinajstić information content (AvgIpc) is 3.37. The summed E-state index contributed by atoms with van der Waals surface area (Å²) in [6, 6.07) is 2.45. The van der Waals surface area contributed by atoms with Crippen LogP contribution in [0, 0.1) is 0 Å². The molecular weight excluding hydrogens is 543 g/mol. The second-order valence-corrected chi connectivity index (χ2v) is 9.36. The Bertz CT molecular complexity index is 1170. The first-order valence-electron chi connectivity index (χ1n) is 13.2. The van der Waals surface area contributed by atoms with Crippen LogP contribution in [0.1, 0.15) is 56.2 Å². The predicted octanol–water partition coefficient (Wildman–Crippen LogP) is 1.99. The molecule has 14 nitrogen and oxygen atoms in total. The van der Waals surface area contributed by atoms with Crippen LogP contribution < -0.4 is 16.0 Å². The van der Waals surface area contributed by atoms with Crippen molar-refractivity contribution in [1.82, 2.24) is 25.6 Å². The number of anilines is 1. The van der Waals surface area contributed by atoms with Crippen LogP contribution in [0.15, 0.2) is 30.5 Å². The van der Waals surface area contributed by atoms with Crippen LogP contribution in [0.4, 0.5) is 14.9 Å². The first kappa shape index (κ1) is 32.7. The van der Waals surface area contributed by atoms with E-state index in [0.29, 0.717) is 43.5 Å². The fourth-order valence-corrected chi connectivity index (χ4v) is 3.81. The van der Waals surface area contributed by atoms with Gasteiger partial charge >= 0.3 is 23.9 Å².